The number of hydrogen-bond acceptors (Lipinski definition) is 5. The number of benzene rings is 2. The number of halogens is 3. The van der Waals surface area contributed by atoms with Crippen LogP contribution in [0, 0.1) is 23.5 Å². The summed E-state index contributed by atoms with van der Waals surface area (Å²) < 4.78 is 29.4. The number of piperidine rings is 1. The molecule has 1 N–H and O–H groups in total. The molecule has 0 radical (unpaired) electrons. The molecule has 190 valence electrons. The molecule has 36 heavy (non-hydrogen) atoms. The SMILES string of the molecule is CC(C1CCN(c2c(C(=O)C3CC3)cnc3cc(F)c(-c4cc(F)c(O)c(Cl)c4)cc23)CC1)N(C)C. The monoisotopic (exact) mass is 513 g/mol. The second-order valence-corrected chi connectivity index (χ2v) is 10.7. The zero-order valence-electron chi connectivity index (χ0n) is 20.7. The molecular formula is C28H30ClF2N3O2. The molecule has 0 spiro atoms. The van der Waals surface area contributed by atoms with Gasteiger partial charge in [0, 0.05) is 48.3 Å². The van der Waals surface area contributed by atoms with Gasteiger partial charge in [0.25, 0.3) is 0 Å². The van der Waals surface area contributed by atoms with Gasteiger partial charge < -0.3 is 14.9 Å². The minimum Gasteiger partial charge on any atom is -0.504 e. The predicted molar refractivity (Wildman–Crippen MR) is 139 cm³/mol. The molecule has 2 aromatic carbocycles. The molecule has 8 heteroatoms. The standard InChI is InChI=1S/C28H30ClF2N3O2/c1-15(33(2)3)16-6-8-34(9-7-16)26-20-12-19(18-10-22(29)28(36)24(31)11-18)23(30)13-25(20)32-14-21(26)27(35)17-4-5-17/h10-17,36H,4-9H2,1-3H3. The molecule has 1 saturated heterocycles. The predicted octanol–water partition coefficient (Wildman–Crippen LogP) is 6.30. The van der Waals surface area contributed by atoms with Crippen LogP contribution in [0.1, 0.15) is 43.0 Å². The number of carbonyl (C=O) groups excluding carboxylic acids is 1. The van der Waals surface area contributed by atoms with Crippen LogP contribution in [0.5, 0.6) is 5.75 Å². The summed E-state index contributed by atoms with van der Waals surface area (Å²) >= 11 is 5.98. The summed E-state index contributed by atoms with van der Waals surface area (Å²) in [5.74, 6) is -1.54. The van der Waals surface area contributed by atoms with Gasteiger partial charge in [-0.3, -0.25) is 9.78 Å². The first-order valence-corrected chi connectivity index (χ1v) is 12.8. The Morgan fingerprint density at radius 3 is 2.42 bits per heavy atom. The first-order chi connectivity index (χ1) is 17.2. The highest BCUT2D eigenvalue weighted by atomic mass is 35.5. The number of aromatic hydroxyl groups is 1. The second-order valence-electron chi connectivity index (χ2n) is 10.3. The highest BCUT2D eigenvalue weighted by molar-refractivity contribution is 6.32. The van der Waals surface area contributed by atoms with Crippen molar-refractivity contribution in [1.29, 1.82) is 0 Å². The number of pyridine rings is 1. The molecule has 2 heterocycles. The van der Waals surface area contributed by atoms with E-state index >= 15 is 4.39 Å². The topological polar surface area (TPSA) is 56.7 Å². The lowest BCUT2D eigenvalue weighted by atomic mass is 9.88. The van der Waals surface area contributed by atoms with E-state index in [1.807, 2.05) is 0 Å². The van der Waals surface area contributed by atoms with Crippen molar-refractivity contribution in [3.05, 3.63) is 52.7 Å². The van der Waals surface area contributed by atoms with Crippen LogP contribution in [0.3, 0.4) is 0 Å². The number of fused-ring (bicyclic) bond motifs is 1. The van der Waals surface area contributed by atoms with Crippen molar-refractivity contribution < 1.29 is 18.7 Å². The number of rotatable bonds is 6. The van der Waals surface area contributed by atoms with Crippen LogP contribution in [0.4, 0.5) is 14.5 Å². The molecule has 1 aliphatic heterocycles. The van der Waals surface area contributed by atoms with Crippen molar-refractivity contribution in [2.45, 2.75) is 38.6 Å². The summed E-state index contributed by atoms with van der Waals surface area (Å²) in [5, 5.41) is 10.2. The third-order valence-corrected chi connectivity index (χ3v) is 8.11. The molecule has 0 amide bonds. The molecule has 1 atom stereocenters. The summed E-state index contributed by atoms with van der Waals surface area (Å²) in [7, 11) is 4.18. The van der Waals surface area contributed by atoms with Gasteiger partial charge in [0.2, 0.25) is 0 Å². The lowest BCUT2D eigenvalue weighted by Crippen LogP contribution is -2.42. The Morgan fingerprint density at radius 1 is 1.11 bits per heavy atom. The lowest BCUT2D eigenvalue weighted by molar-refractivity contribution is 0.0967. The van der Waals surface area contributed by atoms with Crippen LogP contribution >= 0.6 is 11.6 Å². The number of phenolic OH excluding ortho intramolecular Hbond substituents is 1. The average molecular weight is 514 g/mol. The Labute approximate surface area is 214 Å². The van der Waals surface area contributed by atoms with Gasteiger partial charge in [0.15, 0.2) is 17.3 Å². The molecule has 1 aliphatic carbocycles. The van der Waals surface area contributed by atoms with E-state index < -0.39 is 17.4 Å². The summed E-state index contributed by atoms with van der Waals surface area (Å²) in [6.07, 6.45) is 5.29. The molecule has 5 nitrogen and oxygen atoms in total. The van der Waals surface area contributed by atoms with Gasteiger partial charge >= 0.3 is 0 Å². The van der Waals surface area contributed by atoms with E-state index in [4.69, 9.17) is 11.6 Å². The molecule has 2 fully saturated rings. The molecule has 1 unspecified atom stereocenters. The maximum atomic E-state index is 15.2. The molecule has 0 bridgehead atoms. The molecular weight excluding hydrogens is 484 g/mol. The van der Waals surface area contributed by atoms with Crippen molar-refractivity contribution in [2.75, 3.05) is 32.1 Å². The average Bonchev–Trinajstić information content (AvgIpc) is 3.71. The van der Waals surface area contributed by atoms with E-state index in [1.165, 1.54) is 12.1 Å². The van der Waals surface area contributed by atoms with Gasteiger partial charge in [-0.1, -0.05) is 11.6 Å². The van der Waals surface area contributed by atoms with Crippen molar-refractivity contribution in [3.8, 4) is 16.9 Å². The van der Waals surface area contributed by atoms with Crippen LogP contribution in [-0.4, -0.2) is 54.0 Å². The third-order valence-electron chi connectivity index (χ3n) is 7.82. The second kappa shape index (κ2) is 9.60. The summed E-state index contributed by atoms with van der Waals surface area (Å²) in [4.78, 5) is 22.2. The van der Waals surface area contributed by atoms with Gasteiger partial charge in [-0.05, 0) is 76.4 Å². The Hall–Kier alpha value is -2.77. The Bertz CT molecular complexity index is 1310. The zero-order chi connectivity index (χ0) is 25.7. The summed E-state index contributed by atoms with van der Waals surface area (Å²) in [5.41, 5.74) is 2.13. The molecule has 3 aromatic rings. The molecule has 2 aliphatic rings. The van der Waals surface area contributed by atoms with E-state index in [0.717, 1.165) is 50.5 Å². The highest BCUT2D eigenvalue weighted by Gasteiger charge is 2.35. The van der Waals surface area contributed by atoms with E-state index in [0.29, 0.717) is 28.4 Å². The van der Waals surface area contributed by atoms with Crippen molar-refractivity contribution in [2.24, 2.45) is 11.8 Å². The van der Waals surface area contributed by atoms with Crippen LogP contribution in [0.15, 0.2) is 30.5 Å². The Morgan fingerprint density at radius 2 is 1.81 bits per heavy atom. The number of hydrogen-bond donors (Lipinski definition) is 1. The van der Waals surface area contributed by atoms with E-state index in [9.17, 15) is 14.3 Å². The fourth-order valence-corrected chi connectivity index (χ4v) is 5.46. The van der Waals surface area contributed by atoms with Crippen molar-refractivity contribution in [3.63, 3.8) is 0 Å². The first kappa shape index (κ1) is 24.9. The van der Waals surface area contributed by atoms with Gasteiger partial charge in [-0.25, -0.2) is 8.78 Å². The number of carbonyl (C=O) groups is 1. The van der Waals surface area contributed by atoms with Crippen molar-refractivity contribution >= 4 is 34.0 Å². The number of anilines is 1. The molecule has 1 saturated carbocycles. The van der Waals surface area contributed by atoms with Gasteiger partial charge in [-0.15, -0.1) is 0 Å². The largest absolute Gasteiger partial charge is 0.504 e. The Kier molecular flexibility index (Phi) is 6.64. The quantitative estimate of drug-likeness (QED) is 0.392. The molecule has 5 rings (SSSR count). The van der Waals surface area contributed by atoms with Gasteiger partial charge in [-0.2, -0.15) is 0 Å². The number of nitrogens with zero attached hydrogens (tertiary/aromatic N) is 3. The fraction of sp³-hybridized carbons (Fsp3) is 0.429. The van der Waals surface area contributed by atoms with Crippen LogP contribution in [0.25, 0.3) is 22.0 Å². The smallest absolute Gasteiger partial charge is 0.170 e. The maximum absolute atomic E-state index is 15.2. The minimum atomic E-state index is -0.926. The zero-order valence-corrected chi connectivity index (χ0v) is 21.4. The van der Waals surface area contributed by atoms with Crippen LogP contribution in [-0.2, 0) is 0 Å². The van der Waals surface area contributed by atoms with Crippen LogP contribution in [0.2, 0.25) is 5.02 Å². The third kappa shape index (κ3) is 4.55. The van der Waals surface area contributed by atoms with Gasteiger partial charge in [0.1, 0.15) is 5.82 Å². The number of ketones is 1. The van der Waals surface area contributed by atoms with E-state index in [-0.39, 0.29) is 27.9 Å². The van der Waals surface area contributed by atoms with E-state index in [1.54, 1.807) is 12.3 Å². The van der Waals surface area contributed by atoms with E-state index in [2.05, 4.69) is 35.8 Å². The first-order valence-electron chi connectivity index (χ1n) is 12.4. The Balaban J connectivity index is 1.63. The van der Waals surface area contributed by atoms with Gasteiger partial charge in [0.05, 0.1) is 21.8 Å². The lowest BCUT2D eigenvalue weighted by Gasteiger charge is -2.39. The molecule has 1 aromatic heterocycles. The van der Waals surface area contributed by atoms with Crippen molar-refractivity contribution in [1.82, 2.24) is 9.88 Å². The fourth-order valence-electron chi connectivity index (χ4n) is 5.26. The number of Topliss-reactive ketones (excluding diaryl/α,β-unsaturated/α-hetero) is 1. The maximum Gasteiger partial charge on any atom is 0.170 e. The number of aromatic nitrogens is 1. The normalized spacial score (nSPS) is 17.7. The summed E-state index contributed by atoms with van der Waals surface area (Å²) in [6.45, 7) is 3.79. The summed E-state index contributed by atoms with van der Waals surface area (Å²) in [6, 6.07) is 5.80. The number of phenols is 1. The highest BCUT2D eigenvalue weighted by Crippen LogP contribution is 2.42. The minimum absolute atomic E-state index is 0.0132. The van der Waals surface area contributed by atoms with Crippen LogP contribution < -0.4 is 4.90 Å².